The van der Waals surface area contributed by atoms with Crippen LogP contribution in [0.4, 0.5) is 0 Å². The van der Waals surface area contributed by atoms with Gasteiger partial charge in [0.25, 0.3) is 0 Å². The molecule has 0 aromatic heterocycles. The molecule has 0 spiro atoms. The van der Waals surface area contributed by atoms with Crippen molar-refractivity contribution in [2.45, 2.75) is 46.6 Å². The molecule has 0 aliphatic carbocycles. The van der Waals surface area contributed by atoms with Gasteiger partial charge in [-0.05, 0) is 12.8 Å². The molecule has 0 bridgehead atoms. The summed E-state index contributed by atoms with van der Waals surface area (Å²) in [6, 6.07) is 0.419. The molecular formula is C19H39IN4O3. The summed E-state index contributed by atoms with van der Waals surface area (Å²) >= 11 is 0. The minimum atomic E-state index is -0.212. The third-order valence-corrected chi connectivity index (χ3v) is 5.07. The molecule has 1 saturated heterocycles. The van der Waals surface area contributed by atoms with Gasteiger partial charge >= 0.3 is 5.97 Å². The van der Waals surface area contributed by atoms with Crippen molar-refractivity contribution in [1.82, 2.24) is 15.5 Å². The van der Waals surface area contributed by atoms with Gasteiger partial charge in [-0.1, -0.05) is 33.6 Å². The van der Waals surface area contributed by atoms with Gasteiger partial charge in [0.05, 0.1) is 32.8 Å². The Bertz CT molecular complexity index is 427. The van der Waals surface area contributed by atoms with Crippen LogP contribution in [-0.4, -0.2) is 75.9 Å². The Balaban J connectivity index is 0.00000676. The minimum absolute atomic E-state index is 0. The van der Waals surface area contributed by atoms with Gasteiger partial charge in [0, 0.05) is 32.2 Å². The summed E-state index contributed by atoms with van der Waals surface area (Å²) in [6.45, 7) is 14.0. The smallest absolute Gasteiger partial charge is 0.310 e. The molecule has 2 N–H and O–H groups in total. The first-order valence-electron chi connectivity index (χ1n) is 9.99. The Hall–Kier alpha value is -0.610. The largest absolute Gasteiger partial charge is 0.469 e. The van der Waals surface area contributed by atoms with E-state index in [4.69, 9.17) is 14.5 Å². The first-order valence-corrected chi connectivity index (χ1v) is 9.99. The van der Waals surface area contributed by atoms with E-state index in [1.54, 1.807) is 0 Å². The molecule has 1 aliphatic rings. The van der Waals surface area contributed by atoms with E-state index in [1.807, 2.05) is 13.8 Å². The van der Waals surface area contributed by atoms with Gasteiger partial charge < -0.3 is 20.1 Å². The molecule has 0 saturated carbocycles. The molecule has 8 heteroatoms. The van der Waals surface area contributed by atoms with Crippen LogP contribution in [0.15, 0.2) is 4.99 Å². The number of guanidine groups is 1. The van der Waals surface area contributed by atoms with E-state index in [0.717, 1.165) is 58.2 Å². The zero-order valence-corrected chi connectivity index (χ0v) is 20.0. The third-order valence-electron chi connectivity index (χ3n) is 5.07. The molecule has 0 aromatic carbocycles. The Kier molecular flexibility index (Phi) is 15.0. The van der Waals surface area contributed by atoms with Gasteiger partial charge in [-0.15, -0.1) is 24.0 Å². The second-order valence-corrected chi connectivity index (χ2v) is 6.82. The van der Waals surface area contributed by atoms with Crippen LogP contribution in [0.25, 0.3) is 0 Å². The fourth-order valence-electron chi connectivity index (χ4n) is 3.37. The lowest BCUT2D eigenvalue weighted by Crippen LogP contribution is -2.49. The zero-order valence-electron chi connectivity index (χ0n) is 17.6. The fraction of sp³-hybridized carbons (Fsp3) is 0.895. The Morgan fingerprint density at radius 2 is 1.81 bits per heavy atom. The number of esters is 1. The van der Waals surface area contributed by atoms with E-state index in [0.29, 0.717) is 18.5 Å². The molecular weight excluding hydrogens is 459 g/mol. The average Bonchev–Trinajstić information content (AvgIpc) is 2.68. The molecule has 1 rings (SSSR count). The highest BCUT2D eigenvalue weighted by atomic mass is 127. The van der Waals surface area contributed by atoms with Crippen LogP contribution in [0, 0.1) is 11.8 Å². The highest BCUT2D eigenvalue weighted by molar-refractivity contribution is 14.0. The molecule has 1 aliphatic heterocycles. The third kappa shape index (κ3) is 9.43. The second kappa shape index (κ2) is 15.3. The number of nitrogens with one attached hydrogen (secondary N) is 2. The number of methoxy groups -OCH3 is 1. The topological polar surface area (TPSA) is 75.2 Å². The highest BCUT2D eigenvalue weighted by Crippen LogP contribution is 2.20. The standard InChI is InChI=1S/C19H38N4O3.HI/c1-6-16(7-2)17(23-9-11-26-12-10-23)14-22-19(20-8-3)21-13-15(4)18(24)25-5;/h15-17H,6-14H2,1-5H3,(H2,20,21,22);1H. The molecule has 1 fully saturated rings. The van der Waals surface area contributed by atoms with Gasteiger partial charge in [0.1, 0.15) is 0 Å². The van der Waals surface area contributed by atoms with Crippen molar-refractivity contribution in [1.29, 1.82) is 0 Å². The van der Waals surface area contributed by atoms with Crippen LogP contribution in [0.2, 0.25) is 0 Å². The van der Waals surface area contributed by atoms with Crippen molar-refractivity contribution in [2.75, 3.05) is 53.0 Å². The zero-order chi connectivity index (χ0) is 19.4. The summed E-state index contributed by atoms with van der Waals surface area (Å²) in [7, 11) is 1.42. The monoisotopic (exact) mass is 498 g/mol. The molecule has 0 aromatic rings. The van der Waals surface area contributed by atoms with Gasteiger partial charge in [-0.25, -0.2) is 0 Å². The second-order valence-electron chi connectivity index (χ2n) is 6.82. The van der Waals surface area contributed by atoms with Crippen molar-refractivity contribution >= 4 is 35.9 Å². The molecule has 2 atom stereocenters. The van der Waals surface area contributed by atoms with Gasteiger partial charge in [-0.3, -0.25) is 14.7 Å². The van der Waals surface area contributed by atoms with Crippen molar-refractivity contribution in [3.63, 3.8) is 0 Å². The normalized spacial score (nSPS) is 17.8. The maximum absolute atomic E-state index is 11.6. The van der Waals surface area contributed by atoms with E-state index in [1.165, 1.54) is 7.11 Å². The van der Waals surface area contributed by atoms with Gasteiger partial charge in [-0.2, -0.15) is 0 Å². The summed E-state index contributed by atoms with van der Waals surface area (Å²) in [5.74, 6) is 0.954. The lowest BCUT2D eigenvalue weighted by Gasteiger charge is -2.38. The van der Waals surface area contributed by atoms with E-state index >= 15 is 0 Å². The van der Waals surface area contributed by atoms with Crippen LogP contribution in [0.5, 0.6) is 0 Å². The summed E-state index contributed by atoms with van der Waals surface area (Å²) in [5.41, 5.74) is 0. The molecule has 1 heterocycles. The van der Waals surface area contributed by atoms with Crippen LogP contribution >= 0.6 is 24.0 Å². The number of carbonyl (C=O) groups excluding carboxylic acids is 1. The maximum atomic E-state index is 11.6. The molecule has 7 nitrogen and oxygen atoms in total. The first-order chi connectivity index (χ1) is 12.6. The number of ether oxygens (including phenoxy) is 2. The minimum Gasteiger partial charge on any atom is -0.469 e. The number of halogens is 1. The summed E-state index contributed by atoms with van der Waals surface area (Å²) in [4.78, 5) is 18.9. The molecule has 160 valence electrons. The Morgan fingerprint density at radius 3 is 2.33 bits per heavy atom. The number of hydrogen-bond acceptors (Lipinski definition) is 5. The summed E-state index contributed by atoms with van der Waals surface area (Å²) < 4.78 is 10.3. The van der Waals surface area contributed by atoms with Gasteiger partial charge in [0.15, 0.2) is 5.96 Å². The molecule has 27 heavy (non-hydrogen) atoms. The van der Waals surface area contributed by atoms with E-state index < -0.39 is 0 Å². The van der Waals surface area contributed by atoms with E-state index in [9.17, 15) is 4.79 Å². The quantitative estimate of drug-likeness (QED) is 0.208. The lowest BCUT2D eigenvalue weighted by molar-refractivity contribution is -0.144. The summed E-state index contributed by atoms with van der Waals surface area (Å²) in [5, 5.41) is 6.54. The Labute approximate surface area is 182 Å². The number of morpholine rings is 1. The predicted octanol–water partition coefficient (Wildman–Crippen LogP) is 2.11. The molecule has 0 radical (unpaired) electrons. The van der Waals surface area contributed by atoms with Crippen LogP contribution in [0.3, 0.4) is 0 Å². The molecule has 0 amide bonds. The van der Waals surface area contributed by atoms with E-state index in [-0.39, 0.29) is 35.9 Å². The van der Waals surface area contributed by atoms with Crippen molar-refractivity contribution in [2.24, 2.45) is 16.8 Å². The van der Waals surface area contributed by atoms with Crippen molar-refractivity contribution in [3.8, 4) is 0 Å². The first kappa shape index (κ1) is 26.4. The Morgan fingerprint density at radius 1 is 1.19 bits per heavy atom. The van der Waals surface area contributed by atoms with Crippen LogP contribution in [-0.2, 0) is 14.3 Å². The SMILES string of the molecule is CCNC(=NCC(C(CC)CC)N1CCOCC1)NCC(C)C(=O)OC.I. The van der Waals surface area contributed by atoms with Crippen LogP contribution < -0.4 is 10.6 Å². The van der Waals surface area contributed by atoms with Crippen molar-refractivity contribution < 1.29 is 14.3 Å². The van der Waals surface area contributed by atoms with Gasteiger partial charge in [0.2, 0.25) is 0 Å². The number of carbonyl (C=O) groups is 1. The van der Waals surface area contributed by atoms with E-state index in [2.05, 4.69) is 29.4 Å². The lowest BCUT2D eigenvalue weighted by atomic mass is 9.92. The number of rotatable bonds is 10. The fourth-order valence-corrected chi connectivity index (χ4v) is 3.37. The molecule has 2 unspecified atom stereocenters. The number of aliphatic imine (C=N–C) groups is 1. The van der Waals surface area contributed by atoms with Crippen molar-refractivity contribution in [3.05, 3.63) is 0 Å². The average molecular weight is 498 g/mol. The van der Waals surface area contributed by atoms with Crippen LogP contribution in [0.1, 0.15) is 40.5 Å². The predicted molar refractivity (Wildman–Crippen MR) is 121 cm³/mol. The summed E-state index contributed by atoms with van der Waals surface area (Å²) in [6.07, 6.45) is 2.30. The number of nitrogens with zero attached hydrogens (tertiary/aromatic N) is 2. The maximum Gasteiger partial charge on any atom is 0.310 e. The number of hydrogen-bond donors (Lipinski definition) is 2. The highest BCUT2D eigenvalue weighted by Gasteiger charge is 2.26.